The van der Waals surface area contributed by atoms with Gasteiger partial charge >= 0.3 is 0 Å². The van der Waals surface area contributed by atoms with Crippen LogP contribution in [0.5, 0.6) is 0 Å². The van der Waals surface area contributed by atoms with Crippen molar-refractivity contribution in [3.63, 3.8) is 0 Å². The largest absolute Gasteiger partial charge is 0.373 e. The van der Waals surface area contributed by atoms with E-state index < -0.39 is 0 Å². The van der Waals surface area contributed by atoms with E-state index in [0.717, 1.165) is 57.1 Å². The summed E-state index contributed by atoms with van der Waals surface area (Å²) < 4.78 is 7.58. The fraction of sp³-hybridized carbons (Fsp3) is 0.611. The number of hydrogen-bond donors (Lipinski definition) is 0. The molecule has 0 spiro atoms. The molecule has 0 saturated carbocycles. The van der Waals surface area contributed by atoms with E-state index in [2.05, 4.69) is 43.9 Å². The minimum atomic E-state index is 0.546. The molecule has 0 amide bonds. The summed E-state index contributed by atoms with van der Waals surface area (Å²) in [5.41, 5.74) is 4.93. The van der Waals surface area contributed by atoms with E-state index in [-0.39, 0.29) is 0 Å². The molecule has 0 unspecified atom stereocenters. The molecule has 0 radical (unpaired) electrons. The molecule has 132 valence electrons. The van der Waals surface area contributed by atoms with Gasteiger partial charge in [0.05, 0.1) is 36.8 Å². The Kier molecular flexibility index (Phi) is 3.71. The van der Waals surface area contributed by atoms with Gasteiger partial charge in [0.1, 0.15) is 0 Å². The summed E-state index contributed by atoms with van der Waals surface area (Å²) in [5.74, 6) is 1.04. The van der Waals surface area contributed by atoms with Gasteiger partial charge in [0.15, 0.2) is 5.82 Å². The maximum absolute atomic E-state index is 5.49. The van der Waals surface area contributed by atoms with Gasteiger partial charge in [-0.05, 0) is 44.0 Å². The Balaban J connectivity index is 1.19. The van der Waals surface area contributed by atoms with Crippen LogP contribution >= 0.6 is 0 Å². The monoisotopic (exact) mass is 340 g/mol. The van der Waals surface area contributed by atoms with Crippen molar-refractivity contribution in [1.82, 2.24) is 24.9 Å². The van der Waals surface area contributed by atoms with Crippen molar-refractivity contribution >= 4 is 5.82 Å². The third-order valence-corrected chi connectivity index (χ3v) is 5.64. The van der Waals surface area contributed by atoms with Crippen LogP contribution in [0.2, 0.25) is 0 Å². The first-order chi connectivity index (χ1) is 12.3. The zero-order valence-electron chi connectivity index (χ0n) is 14.7. The normalized spacial score (nSPS) is 19.8. The van der Waals surface area contributed by atoms with E-state index >= 15 is 0 Å². The standard InChI is InChI=1S/C18H24N6O/c1-22(9-14-8-15-12-25-6-5-24(15)21-14)16-10-23(11-16)18-7-13-3-2-4-17(13)19-20-18/h7-8,16H,2-6,9-12H2,1H3. The lowest BCUT2D eigenvalue weighted by molar-refractivity contribution is 0.0799. The second kappa shape index (κ2) is 6.07. The fourth-order valence-corrected chi connectivity index (χ4v) is 4.01. The Bertz CT molecular complexity index is 758. The van der Waals surface area contributed by atoms with Gasteiger partial charge in [0.25, 0.3) is 0 Å². The maximum Gasteiger partial charge on any atom is 0.151 e. The SMILES string of the molecule is CN(Cc1cc2n(n1)CCOC2)C1CN(c2cc3c(nn2)CCC3)C1. The van der Waals surface area contributed by atoms with Gasteiger partial charge < -0.3 is 9.64 Å². The molecule has 1 aliphatic carbocycles. The number of aromatic nitrogens is 4. The predicted octanol–water partition coefficient (Wildman–Crippen LogP) is 1.01. The third-order valence-electron chi connectivity index (χ3n) is 5.64. The minimum absolute atomic E-state index is 0.546. The van der Waals surface area contributed by atoms with Crippen LogP contribution in [0.1, 0.15) is 29.1 Å². The van der Waals surface area contributed by atoms with E-state index in [0.29, 0.717) is 12.6 Å². The number of ether oxygens (including phenoxy) is 1. The van der Waals surface area contributed by atoms with Crippen molar-refractivity contribution in [1.29, 1.82) is 0 Å². The Morgan fingerprint density at radius 2 is 2.16 bits per heavy atom. The fourth-order valence-electron chi connectivity index (χ4n) is 4.01. The van der Waals surface area contributed by atoms with Crippen molar-refractivity contribution in [3.05, 3.63) is 34.8 Å². The molecule has 0 atom stereocenters. The lowest BCUT2D eigenvalue weighted by atomic mass is 10.1. The summed E-state index contributed by atoms with van der Waals surface area (Å²) in [6.07, 6.45) is 3.47. The number of likely N-dealkylation sites (N-methyl/N-ethyl adjacent to an activating group) is 1. The van der Waals surface area contributed by atoms with Crippen LogP contribution in [0, 0.1) is 0 Å². The second-order valence-electron chi connectivity index (χ2n) is 7.40. The average Bonchev–Trinajstić information content (AvgIpc) is 3.18. The molecule has 2 aliphatic heterocycles. The van der Waals surface area contributed by atoms with Crippen LogP contribution in [-0.4, -0.2) is 57.7 Å². The van der Waals surface area contributed by atoms with Crippen LogP contribution in [-0.2, 0) is 37.3 Å². The summed E-state index contributed by atoms with van der Waals surface area (Å²) in [6.45, 7) is 5.23. The number of aryl methyl sites for hydroxylation is 2. The highest BCUT2D eigenvalue weighted by molar-refractivity contribution is 5.45. The third kappa shape index (κ3) is 2.81. The highest BCUT2D eigenvalue weighted by atomic mass is 16.5. The van der Waals surface area contributed by atoms with Crippen molar-refractivity contribution in [2.75, 3.05) is 31.6 Å². The van der Waals surface area contributed by atoms with Crippen molar-refractivity contribution in [3.8, 4) is 0 Å². The maximum atomic E-state index is 5.49. The molecule has 25 heavy (non-hydrogen) atoms. The van der Waals surface area contributed by atoms with E-state index in [1.807, 2.05) is 0 Å². The van der Waals surface area contributed by atoms with E-state index in [4.69, 9.17) is 9.84 Å². The Hall–Kier alpha value is -1.99. The molecular weight excluding hydrogens is 316 g/mol. The Morgan fingerprint density at radius 1 is 1.24 bits per heavy atom. The zero-order chi connectivity index (χ0) is 16.8. The highest BCUT2D eigenvalue weighted by Gasteiger charge is 2.32. The van der Waals surface area contributed by atoms with Gasteiger partial charge in [-0.2, -0.15) is 10.2 Å². The second-order valence-corrected chi connectivity index (χ2v) is 7.40. The van der Waals surface area contributed by atoms with Crippen LogP contribution in [0.15, 0.2) is 12.1 Å². The number of hydrogen-bond acceptors (Lipinski definition) is 6. The lowest BCUT2D eigenvalue weighted by Crippen LogP contribution is -2.58. The first-order valence-corrected chi connectivity index (χ1v) is 9.20. The predicted molar refractivity (Wildman–Crippen MR) is 93.4 cm³/mol. The molecule has 0 aromatic carbocycles. The number of anilines is 1. The van der Waals surface area contributed by atoms with Gasteiger partial charge in [0, 0.05) is 25.7 Å². The van der Waals surface area contributed by atoms with Gasteiger partial charge in [-0.15, -0.1) is 5.10 Å². The minimum Gasteiger partial charge on any atom is -0.373 e. The summed E-state index contributed by atoms with van der Waals surface area (Å²) in [4.78, 5) is 4.73. The van der Waals surface area contributed by atoms with Crippen LogP contribution in [0.3, 0.4) is 0 Å². The van der Waals surface area contributed by atoms with Gasteiger partial charge in [-0.25, -0.2) is 0 Å². The molecule has 7 heteroatoms. The van der Waals surface area contributed by atoms with Gasteiger partial charge in [-0.3, -0.25) is 9.58 Å². The van der Waals surface area contributed by atoms with E-state index in [1.54, 1.807) is 0 Å². The summed E-state index contributed by atoms with van der Waals surface area (Å²) in [5, 5.41) is 13.5. The molecule has 0 N–H and O–H groups in total. The van der Waals surface area contributed by atoms with Crippen molar-refractivity contribution < 1.29 is 4.74 Å². The van der Waals surface area contributed by atoms with Crippen molar-refractivity contribution in [2.24, 2.45) is 0 Å². The van der Waals surface area contributed by atoms with Crippen LogP contribution in [0.4, 0.5) is 5.82 Å². The van der Waals surface area contributed by atoms with Crippen LogP contribution < -0.4 is 4.90 Å². The summed E-state index contributed by atoms with van der Waals surface area (Å²) in [7, 11) is 2.19. The van der Waals surface area contributed by atoms with Gasteiger partial charge in [0.2, 0.25) is 0 Å². The average molecular weight is 340 g/mol. The van der Waals surface area contributed by atoms with E-state index in [1.165, 1.54) is 23.4 Å². The van der Waals surface area contributed by atoms with Gasteiger partial charge in [-0.1, -0.05) is 0 Å². The number of fused-ring (bicyclic) bond motifs is 2. The molecule has 2 aromatic heterocycles. The van der Waals surface area contributed by atoms with E-state index in [9.17, 15) is 0 Å². The number of rotatable bonds is 4. The first kappa shape index (κ1) is 15.3. The molecule has 1 fully saturated rings. The smallest absolute Gasteiger partial charge is 0.151 e. The molecule has 1 saturated heterocycles. The highest BCUT2D eigenvalue weighted by Crippen LogP contribution is 2.26. The summed E-state index contributed by atoms with van der Waals surface area (Å²) >= 11 is 0. The molecule has 2 aromatic rings. The first-order valence-electron chi connectivity index (χ1n) is 9.20. The Morgan fingerprint density at radius 3 is 3.04 bits per heavy atom. The topological polar surface area (TPSA) is 59.3 Å². The van der Waals surface area contributed by atoms with Crippen LogP contribution in [0.25, 0.3) is 0 Å². The molecule has 7 nitrogen and oxygen atoms in total. The molecule has 3 aliphatic rings. The van der Waals surface area contributed by atoms with Crippen molar-refractivity contribution in [2.45, 2.75) is 45.0 Å². The molecular formula is C18H24N6O. The molecule has 0 bridgehead atoms. The molecule has 5 rings (SSSR count). The number of nitrogens with zero attached hydrogens (tertiary/aromatic N) is 6. The molecule has 4 heterocycles. The lowest BCUT2D eigenvalue weighted by Gasteiger charge is -2.44. The Labute approximate surface area is 147 Å². The quantitative estimate of drug-likeness (QED) is 0.828. The zero-order valence-corrected chi connectivity index (χ0v) is 14.7. The summed E-state index contributed by atoms with van der Waals surface area (Å²) in [6, 6.07) is 4.97.